The van der Waals surface area contributed by atoms with E-state index in [9.17, 15) is 4.79 Å². The van der Waals surface area contributed by atoms with Crippen molar-refractivity contribution in [1.29, 1.82) is 0 Å². The second-order valence-electron chi connectivity index (χ2n) is 5.65. The monoisotopic (exact) mass is 280 g/mol. The molecule has 112 valence electrons. The van der Waals surface area contributed by atoms with E-state index in [0.29, 0.717) is 24.4 Å². The minimum absolute atomic E-state index is 0.0991. The Kier molecular flexibility index (Phi) is 5.33. The lowest BCUT2D eigenvalue weighted by Gasteiger charge is -2.21. The number of hydrogen-bond acceptors (Lipinski definition) is 5. The van der Waals surface area contributed by atoms with Crippen LogP contribution in [-0.2, 0) is 4.79 Å². The molecule has 0 aliphatic carbocycles. The summed E-state index contributed by atoms with van der Waals surface area (Å²) < 4.78 is 5.21. The average Bonchev–Trinajstić information content (AvgIpc) is 2.35. The first kappa shape index (κ1) is 16.2. The first-order valence-electron chi connectivity index (χ1n) is 6.53. The van der Waals surface area contributed by atoms with Crippen LogP contribution in [-0.4, -0.2) is 37.6 Å². The molecule has 6 nitrogen and oxygen atoms in total. The number of anilines is 2. The van der Waals surface area contributed by atoms with Crippen LogP contribution in [0, 0.1) is 0 Å². The Labute approximate surface area is 120 Å². The molecule has 0 aromatic carbocycles. The van der Waals surface area contributed by atoms with Gasteiger partial charge in [-0.05, 0) is 26.3 Å². The highest BCUT2D eigenvalue weighted by Gasteiger charge is 2.17. The number of nitrogens with two attached hydrogens (primary N) is 1. The lowest BCUT2D eigenvalue weighted by atomic mass is 10.00. The van der Waals surface area contributed by atoms with Crippen LogP contribution < -0.4 is 20.7 Å². The van der Waals surface area contributed by atoms with E-state index < -0.39 is 0 Å². The van der Waals surface area contributed by atoms with Crippen LogP contribution in [0.25, 0.3) is 0 Å². The predicted octanol–water partition coefficient (Wildman–Crippen LogP) is 1.61. The maximum absolute atomic E-state index is 12.0. The predicted molar refractivity (Wildman–Crippen MR) is 81.2 cm³/mol. The minimum Gasteiger partial charge on any atom is -0.479 e. The van der Waals surface area contributed by atoms with E-state index in [1.807, 2.05) is 38.9 Å². The molecule has 1 aromatic heterocycles. The second-order valence-corrected chi connectivity index (χ2v) is 5.65. The highest BCUT2D eigenvalue weighted by molar-refractivity contribution is 5.96. The Morgan fingerprint density at radius 1 is 1.50 bits per heavy atom. The number of carbonyl (C=O) groups excluding carboxylic acids is 1. The van der Waals surface area contributed by atoms with Crippen molar-refractivity contribution < 1.29 is 9.53 Å². The number of hydrogen-bond donors (Lipinski definition) is 2. The summed E-state index contributed by atoms with van der Waals surface area (Å²) >= 11 is 0. The van der Waals surface area contributed by atoms with Crippen molar-refractivity contribution in [3.63, 3.8) is 0 Å². The number of ether oxygens (including phenoxy) is 1. The molecule has 0 unspecified atom stereocenters. The number of carbonyl (C=O) groups is 1. The Morgan fingerprint density at radius 3 is 2.65 bits per heavy atom. The standard InChI is InChI=1S/C14H24N4O2/c1-14(2,15)8-6-11(19)17-12-10(18(3)4)7-9-16-13(12)20-5/h7,9H,6,8,15H2,1-5H3,(H,17,19). The number of methoxy groups -OCH3 is 1. The van der Waals surface area contributed by atoms with Crippen molar-refractivity contribution >= 4 is 17.3 Å². The van der Waals surface area contributed by atoms with Gasteiger partial charge in [-0.25, -0.2) is 4.98 Å². The van der Waals surface area contributed by atoms with Crippen molar-refractivity contribution in [3.8, 4) is 5.88 Å². The van der Waals surface area contributed by atoms with Crippen molar-refractivity contribution in [3.05, 3.63) is 12.3 Å². The van der Waals surface area contributed by atoms with Gasteiger partial charge in [-0.1, -0.05) is 0 Å². The molecule has 1 rings (SSSR count). The van der Waals surface area contributed by atoms with E-state index in [1.54, 1.807) is 6.20 Å². The summed E-state index contributed by atoms with van der Waals surface area (Å²) in [4.78, 5) is 18.0. The van der Waals surface area contributed by atoms with Crippen LogP contribution in [0.4, 0.5) is 11.4 Å². The summed E-state index contributed by atoms with van der Waals surface area (Å²) in [6, 6.07) is 1.82. The Hall–Kier alpha value is -1.82. The fourth-order valence-electron chi connectivity index (χ4n) is 1.72. The minimum atomic E-state index is -0.360. The second kappa shape index (κ2) is 6.56. The van der Waals surface area contributed by atoms with Crippen LogP contribution in [0.15, 0.2) is 12.3 Å². The molecule has 1 aromatic rings. The van der Waals surface area contributed by atoms with Gasteiger partial charge < -0.3 is 20.7 Å². The molecule has 0 saturated carbocycles. The van der Waals surface area contributed by atoms with E-state index in [-0.39, 0.29) is 11.4 Å². The molecule has 0 fully saturated rings. The summed E-state index contributed by atoms with van der Waals surface area (Å²) in [7, 11) is 5.32. The van der Waals surface area contributed by atoms with E-state index in [4.69, 9.17) is 10.5 Å². The molecular weight excluding hydrogens is 256 g/mol. The van der Waals surface area contributed by atoms with Crippen LogP contribution >= 0.6 is 0 Å². The molecule has 20 heavy (non-hydrogen) atoms. The third-order valence-corrected chi connectivity index (χ3v) is 2.83. The van der Waals surface area contributed by atoms with E-state index >= 15 is 0 Å². The van der Waals surface area contributed by atoms with Crippen LogP contribution in [0.5, 0.6) is 5.88 Å². The summed E-state index contributed by atoms with van der Waals surface area (Å²) in [6.07, 6.45) is 2.61. The van der Waals surface area contributed by atoms with E-state index in [2.05, 4.69) is 10.3 Å². The van der Waals surface area contributed by atoms with Crippen molar-refractivity contribution in [1.82, 2.24) is 4.98 Å². The SMILES string of the molecule is COc1nccc(N(C)C)c1NC(=O)CCC(C)(C)N. The number of nitrogens with zero attached hydrogens (tertiary/aromatic N) is 2. The molecule has 0 aliphatic rings. The Morgan fingerprint density at radius 2 is 2.15 bits per heavy atom. The van der Waals surface area contributed by atoms with Gasteiger partial charge in [-0.2, -0.15) is 0 Å². The highest BCUT2D eigenvalue weighted by Crippen LogP contribution is 2.32. The maximum atomic E-state index is 12.0. The van der Waals surface area contributed by atoms with Gasteiger partial charge in [0, 0.05) is 32.3 Å². The molecular formula is C14H24N4O2. The first-order chi connectivity index (χ1) is 9.24. The van der Waals surface area contributed by atoms with Gasteiger partial charge in [0.2, 0.25) is 11.8 Å². The topological polar surface area (TPSA) is 80.5 Å². The molecule has 0 saturated heterocycles. The molecule has 1 amide bonds. The molecule has 6 heteroatoms. The molecule has 0 radical (unpaired) electrons. The number of aromatic nitrogens is 1. The highest BCUT2D eigenvalue weighted by atomic mass is 16.5. The third kappa shape index (κ3) is 4.70. The van der Waals surface area contributed by atoms with Crippen LogP contribution in [0.1, 0.15) is 26.7 Å². The van der Waals surface area contributed by atoms with E-state index in [0.717, 1.165) is 5.69 Å². The third-order valence-electron chi connectivity index (χ3n) is 2.83. The van der Waals surface area contributed by atoms with E-state index in [1.165, 1.54) is 7.11 Å². The summed E-state index contributed by atoms with van der Waals surface area (Å²) in [6.45, 7) is 3.80. The zero-order valence-electron chi connectivity index (χ0n) is 12.9. The average molecular weight is 280 g/mol. The zero-order valence-corrected chi connectivity index (χ0v) is 12.9. The van der Waals surface area contributed by atoms with Gasteiger partial charge in [0.05, 0.1) is 12.8 Å². The lowest BCUT2D eigenvalue weighted by molar-refractivity contribution is -0.116. The van der Waals surface area contributed by atoms with Gasteiger partial charge in [-0.15, -0.1) is 0 Å². The number of pyridine rings is 1. The first-order valence-corrected chi connectivity index (χ1v) is 6.53. The summed E-state index contributed by atoms with van der Waals surface area (Å²) in [5, 5.41) is 2.86. The molecule has 3 N–H and O–H groups in total. The largest absolute Gasteiger partial charge is 0.479 e. The summed E-state index contributed by atoms with van der Waals surface area (Å²) in [5.74, 6) is 0.300. The molecule has 0 spiro atoms. The Balaban J connectivity index is 2.87. The van der Waals surface area contributed by atoms with Gasteiger partial charge in [0.1, 0.15) is 5.69 Å². The number of rotatable bonds is 6. The van der Waals surface area contributed by atoms with Gasteiger partial charge >= 0.3 is 0 Å². The molecule has 0 aliphatic heterocycles. The maximum Gasteiger partial charge on any atom is 0.239 e. The zero-order chi connectivity index (χ0) is 15.3. The van der Waals surface area contributed by atoms with Gasteiger partial charge in [-0.3, -0.25) is 4.79 Å². The normalized spacial score (nSPS) is 11.1. The van der Waals surface area contributed by atoms with Crippen LogP contribution in [0.2, 0.25) is 0 Å². The summed E-state index contributed by atoms with van der Waals surface area (Å²) in [5.41, 5.74) is 6.95. The van der Waals surface area contributed by atoms with Crippen molar-refractivity contribution in [2.24, 2.45) is 5.73 Å². The van der Waals surface area contributed by atoms with Crippen LogP contribution in [0.3, 0.4) is 0 Å². The smallest absolute Gasteiger partial charge is 0.239 e. The molecule has 0 atom stereocenters. The number of nitrogens with one attached hydrogen (secondary N) is 1. The van der Waals surface area contributed by atoms with Gasteiger partial charge in [0.25, 0.3) is 0 Å². The fourth-order valence-corrected chi connectivity index (χ4v) is 1.72. The van der Waals surface area contributed by atoms with Crippen molar-refractivity contribution in [2.45, 2.75) is 32.2 Å². The number of amides is 1. The van der Waals surface area contributed by atoms with Crippen molar-refractivity contribution in [2.75, 3.05) is 31.4 Å². The van der Waals surface area contributed by atoms with Gasteiger partial charge in [0.15, 0.2) is 0 Å². The quantitative estimate of drug-likeness (QED) is 0.827. The fraction of sp³-hybridized carbons (Fsp3) is 0.571. The molecule has 1 heterocycles. The Bertz CT molecular complexity index is 467. The lowest BCUT2D eigenvalue weighted by Crippen LogP contribution is -2.33. The molecule has 0 bridgehead atoms.